The van der Waals surface area contributed by atoms with E-state index in [1.807, 2.05) is 31.4 Å². The van der Waals surface area contributed by atoms with Gasteiger partial charge in [-0.15, -0.1) is 12.4 Å². The molecule has 2 rings (SSSR count). The summed E-state index contributed by atoms with van der Waals surface area (Å²) in [5.74, 6) is 0.759. The zero-order valence-corrected chi connectivity index (χ0v) is 15.4. The van der Waals surface area contributed by atoms with Crippen LogP contribution < -0.4 is 16.0 Å². The number of carbonyl (C=O) groups excluding carboxylic acids is 1. The van der Waals surface area contributed by atoms with Crippen molar-refractivity contribution in [2.45, 2.75) is 38.3 Å². The Morgan fingerprint density at radius 1 is 1.38 bits per heavy atom. The van der Waals surface area contributed by atoms with Crippen molar-refractivity contribution in [2.75, 3.05) is 38.6 Å². The van der Waals surface area contributed by atoms with Crippen LogP contribution in [0.15, 0.2) is 12.4 Å². The average molecular weight is 357 g/mol. The Morgan fingerprint density at radius 2 is 2.08 bits per heavy atom. The smallest absolute Gasteiger partial charge is 0.224 e. The monoisotopic (exact) mass is 356 g/mol. The molecule has 1 amide bonds. The second kappa shape index (κ2) is 10.4. The van der Waals surface area contributed by atoms with E-state index in [1.54, 1.807) is 0 Å². The topological polar surface area (TPSA) is 87.4 Å². The number of anilines is 1. The molecule has 1 saturated heterocycles. The Labute approximate surface area is 150 Å². The van der Waals surface area contributed by atoms with E-state index in [1.165, 1.54) is 12.8 Å². The molecule has 0 spiro atoms. The van der Waals surface area contributed by atoms with Gasteiger partial charge in [-0.2, -0.15) is 0 Å². The highest BCUT2D eigenvalue weighted by Crippen LogP contribution is 2.19. The van der Waals surface area contributed by atoms with Crippen LogP contribution in [0, 0.1) is 0 Å². The van der Waals surface area contributed by atoms with Crippen LogP contribution in [-0.2, 0) is 11.3 Å². The number of likely N-dealkylation sites (tertiary alicyclic amines) is 1. The minimum absolute atomic E-state index is 0. The molecule has 7 nitrogen and oxygen atoms in total. The van der Waals surface area contributed by atoms with E-state index in [-0.39, 0.29) is 18.3 Å². The van der Waals surface area contributed by atoms with Crippen LogP contribution in [-0.4, -0.2) is 60.5 Å². The highest BCUT2D eigenvalue weighted by Gasteiger charge is 2.23. The minimum Gasteiger partial charge on any atom is -0.354 e. The summed E-state index contributed by atoms with van der Waals surface area (Å²) in [6, 6.07) is 0.374. The molecule has 24 heavy (non-hydrogen) atoms. The Kier molecular flexibility index (Phi) is 8.95. The van der Waals surface area contributed by atoms with Gasteiger partial charge in [0.05, 0.1) is 0 Å². The molecule has 1 fully saturated rings. The third kappa shape index (κ3) is 6.22. The van der Waals surface area contributed by atoms with Gasteiger partial charge in [0.2, 0.25) is 11.9 Å². The largest absolute Gasteiger partial charge is 0.354 e. The summed E-state index contributed by atoms with van der Waals surface area (Å²) in [5.41, 5.74) is 6.52. The molecule has 0 bridgehead atoms. The van der Waals surface area contributed by atoms with Gasteiger partial charge >= 0.3 is 0 Å². The van der Waals surface area contributed by atoms with Crippen molar-refractivity contribution in [3.63, 3.8) is 0 Å². The van der Waals surface area contributed by atoms with Gasteiger partial charge in [0.15, 0.2) is 0 Å². The van der Waals surface area contributed by atoms with E-state index < -0.39 is 0 Å². The molecule has 0 aliphatic carbocycles. The number of hydrogen-bond acceptors (Lipinski definition) is 6. The number of aromatic nitrogens is 2. The number of nitrogens with one attached hydrogen (secondary N) is 1. The fraction of sp³-hybridized carbons (Fsp3) is 0.688. The maximum atomic E-state index is 11.6. The summed E-state index contributed by atoms with van der Waals surface area (Å²) in [6.45, 7) is 2.96. The van der Waals surface area contributed by atoms with Crippen molar-refractivity contribution >= 4 is 24.3 Å². The van der Waals surface area contributed by atoms with Gasteiger partial charge in [-0.3, -0.25) is 9.69 Å². The molecule has 1 aromatic rings. The summed E-state index contributed by atoms with van der Waals surface area (Å²) >= 11 is 0. The van der Waals surface area contributed by atoms with Gasteiger partial charge in [-0.1, -0.05) is 6.42 Å². The molecule has 1 atom stereocenters. The number of nitrogens with zero attached hydrogens (tertiary/aromatic N) is 4. The quantitative estimate of drug-likeness (QED) is 0.750. The van der Waals surface area contributed by atoms with Crippen LogP contribution >= 0.6 is 12.4 Å². The van der Waals surface area contributed by atoms with Gasteiger partial charge in [0.25, 0.3) is 0 Å². The van der Waals surface area contributed by atoms with Crippen molar-refractivity contribution < 1.29 is 4.79 Å². The van der Waals surface area contributed by atoms with E-state index >= 15 is 0 Å². The predicted molar refractivity (Wildman–Crippen MR) is 98.3 cm³/mol. The first-order chi connectivity index (χ1) is 11.1. The van der Waals surface area contributed by atoms with Crippen LogP contribution in [0.25, 0.3) is 0 Å². The number of piperidine rings is 1. The fourth-order valence-corrected chi connectivity index (χ4v) is 2.85. The Balaban J connectivity index is 0.00000288. The molecular weight excluding hydrogens is 328 g/mol. The van der Waals surface area contributed by atoms with E-state index in [4.69, 9.17) is 5.73 Å². The Morgan fingerprint density at radius 3 is 2.71 bits per heavy atom. The number of amides is 1. The molecular formula is C16H29ClN6O. The van der Waals surface area contributed by atoms with Crippen LogP contribution in [0.4, 0.5) is 5.95 Å². The van der Waals surface area contributed by atoms with Crippen LogP contribution in [0.2, 0.25) is 0 Å². The molecule has 0 radical (unpaired) electrons. The van der Waals surface area contributed by atoms with Crippen molar-refractivity contribution in [1.82, 2.24) is 20.2 Å². The van der Waals surface area contributed by atoms with Gasteiger partial charge in [-0.05, 0) is 19.4 Å². The summed E-state index contributed by atoms with van der Waals surface area (Å²) < 4.78 is 0. The molecule has 8 heteroatoms. The Hall–Kier alpha value is -1.44. The van der Waals surface area contributed by atoms with Crippen molar-refractivity contribution in [3.8, 4) is 0 Å². The van der Waals surface area contributed by atoms with Gasteiger partial charge in [0.1, 0.15) is 0 Å². The molecule has 0 aromatic carbocycles. The molecule has 3 N–H and O–H groups in total. The molecule has 0 saturated carbocycles. The van der Waals surface area contributed by atoms with Crippen molar-refractivity contribution in [1.29, 1.82) is 0 Å². The minimum atomic E-state index is 0. The molecule has 136 valence electrons. The first-order valence-electron chi connectivity index (χ1n) is 8.29. The van der Waals surface area contributed by atoms with E-state index in [2.05, 4.69) is 20.2 Å². The summed E-state index contributed by atoms with van der Waals surface area (Å²) in [6.07, 6.45) is 7.70. The van der Waals surface area contributed by atoms with Crippen LogP contribution in [0.3, 0.4) is 0 Å². The maximum absolute atomic E-state index is 11.6. The lowest BCUT2D eigenvalue weighted by molar-refractivity contribution is -0.121. The maximum Gasteiger partial charge on any atom is 0.224 e. The first kappa shape index (κ1) is 20.6. The SMILES string of the molecule is CN(C)c1ncc(CN2CCCCC2CNC(=O)CCN)cn1.Cl. The van der Waals surface area contributed by atoms with Gasteiger partial charge in [-0.25, -0.2) is 9.97 Å². The summed E-state index contributed by atoms with van der Waals surface area (Å²) in [5, 5.41) is 2.99. The predicted octanol–water partition coefficient (Wildman–Crippen LogP) is 0.784. The zero-order chi connectivity index (χ0) is 16.7. The molecule has 1 unspecified atom stereocenters. The van der Waals surface area contributed by atoms with Crippen LogP contribution in [0.1, 0.15) is 31.2 Å². The first-order valence-corrected chi connectivity index (χ1v) is 8.29. The molecule has 1 aliphatic rings. The van der Waals surface area contributed by atoms with E-state index in [0.29, 0.717) is 25.6 Å². The summed E-state index contributed by atoms with van der Waals surface area (Å²) in [7, 11) is 3.86. The van der Waals surface area contributed by atoms with E-state index in [9.17, 15) is 4.79 Å². The Bertz CT molecular complexity index is 496. The number of nitrogens with two attached hydrogens (primary N) is 1. The highest BCUT2D eigenvalue weighted by atomic mass is 35.5. The van der Waals surface area contributed by atoms with Crippen LogP contribution in [0.5, 0.6) is 0 Å². The normalized spacial score (nSPS) is 17.9. The lowest BCUT2D eigenvalue weighted by Crippen LogP contribution is -2.46. The van der Waals surface area contributed by atoms with Gasteiger partial charge < -0.3 is 16.0 Å². The second-order valence-electron chi connectivity index (χ2n) is 6.25. The third-order valence-corrected chi connectivity index (χ3v) is 4.13. The number of hydrogen-bond donors (Lipinski definition) is 2. The third-order valence-electron chi connectivity index (χ3n) is 4.13. The van der Waals surface area contributed by atoms with E-state index in [0.717, 1.165) is 31.0 Å². The fourth-order valence-electron chi connectivity index (χ4n) is 2.85. The molecule has 1 aliphatic heterocycles. The zero-order valence-electron chi connectivity index (χ0n) is 14.6. The highest BCUT2D eigenvalue weighted by molar-refractivity contribution is 5.85. The van der Waals surface area contributed by atoms with Crippen molar-refractivity contribution in [2.24, 2.45) is 5.73 Å². The average Bonchev–Trinajstić information content (AvgIpc) is 2.55. The molecule has 2 heterocycles. The second-order valence-corrected chi connectivity index (χ2v) is 6.25. The molecule has 1 aromatic heterocycles. The number of carbonyl (C=O) groups is 1. The lowest BCUT2D eigenvalue weighted by atomic mass is 10.0. The number of rotatable bonds is 7. The number of halogens is 1. The van der Waals surface area contributed by atoms with Gasteiger partial charge in [0, 0.05) is 64.1 Å². The van der Waals surface area contributed by atoms with Crippen molar-refractivity contribution in [3.05, 3.63) is 18.0 Å². The lowest BCUT2D eigenvalue weighted by Gasteiger charge is -2.35. The standard InChI is InChI=1S/C16H28N6O.ClH/c1-21(2)16-19-9-13(10-20-16)12-22-8-4-3-5-14(22)11-18-15(23)6-7-17;/h9-10,14H,3-8,11-12,17H2,1-2H3,(H,18,23);1H. The summed E-state index contributed by atoms with van der Waals surface area (Å²) in [4.78, 5) is 24.7.